The lowest BCUT2D eigenvalue weighted by Crippen LogP contribution is -2.31. The van der Waals surface area contributed by atoms with Crippen molar-refractivity contribution in [3.05, 3.63) is 60.2 Å². The van der Waals surface area contributed by atoms with Gasteiger partial charge in [0, 0.05) is 0 Å². The highest BCUT2D eigenvalue weighted by atomic mass is 16.5. The van der Waals surface area contributed by atoms with Gasteiger partial charge < -0.3 is 14.8 Å². The van der Waals surface area contributed by atoms with Crippen molar-refractivity contribution >= 4 is 11.9 Å². The monoisotopic (exact) mass is 325 g/mol. The van der Waals surface area contributed by atoms with Gasteiger partial charge in [-0.25, -0.2) is 0 Å². The van der Waals surface area contributed by atoms with Crippen LogP contribution in [-0.2, 0) is 9.53 Å². The number of benzene rings is 2. The Morgan fingerprint density at radius 2 is 1.71 bits per heavy atom. The minimum absolute atomic E-state index is 0.148. The maximum absolute atomic E-state index is 12.3. The van der Waals surface area contributed by atoms with Crippen LogP contribution in [0.4, 0.5) is 0 Å². The molecule has 0 spiro atoms. The summed E-state index contributed by atoms with van der Waals surface area (Å²) in [6.45, 7) is 0.299. The predicted molar refractivity (Wildman–Crippen MR) is 89.0 cm³/mol. The zero-order valence-corrected chi connectivity index (χ0v) is 13.2. The third-order valence-electron chi connectivity index (χ3n) is 3.67. The Bertz CT molecular complexity index is 710. The van der Waals surface area contributed by atoms with E-state index in [2.05, 4.69) is 5.32 Å². The molecule has 1 aliphatic carbocycles. The summed E-state index contributed by atoms with van der Waals surface area (Å²) in [4.78, 5) is 23.9. The van der Waals surface area contributed by atoms with E-state index in [0.29, 0.717) is 29.6 Å². The fourth-order valence-corrected chi connectivity index (χ4v) is 2.15. The standard InChI is InChI=1S/C19H19NO4/c21-18(23-13-14-10-11-14)12-20-19(22)16-8-4-5-9-17(16)24-15-6-2-1-3-7-15/h1-9,14H,10-13H2,(H,20,22). The van der Waals surface area contributed by atoms with Gasteiger partial charge in [0.05, 0.1) is 12.2 Å². The van der Waals surface area contributed by atoms with E-state index < -0.39 is 5.97 Å². The van der Waals surface area contributed by atoms with Crippen molar-refractivity contribution in [2.45, 2.75) is 12.8 Å². The minimum Gasteiger partial charge on any atom is -0.464 e. The highest BCUT2D eigenvalue weighted by Crippen LogP contribution is 2.28. The quantitative estimate of drug-likeness (QED) is 0.794. The first-order valence-electron chi connectivity index (χ1n) is 7.98. The van der Waals surface area contributed by atoms with Crippen molar-refractivity contribution < 1.29 is 19.1 Å². The Kier molecular flexibility index (Phi) is 5.11. The summed E-state index contributed by atoms with van der Waals surface area (Å²) in [5, 5.41) is 2.58. The summed E-state index contributed by atoms with van der Waals surface area (Å²) < 4.78 is 10.8. The summed E-state index contributed by atoms with van der Waals surface area (Å²) in [6, 6.07) is 16.1. The van der Waals surface area contributed by atoms with E-state index in [0.717, 1.165) is 12.8 Å². The van der Waals surface area contributed by atoms with Crippen LogP contribution >= 0.6 is 0 Å². The zero-order chi connectivity index (χ0) is 16.8. The fraction of sp³-hybridized carbons (Fsp3) is 0.263. The fourth-order valence-electron chi connectivity index (χ4n) is 2.15. The lowest BCUT2D eigenvalue weighted by Gasteiger charge is -2.11. The number of hydrogen-bond donors (Lipinski definition) is 1. The van der Waals surface area contributed by atoms with Crippen molar-refractivity contribution in [3.63, 3.8) is 0 Å². The van der Waals surface area contributed by atoms with Crippen LogP contribution in [0.2, 0.25) is 0 Å². The van der Waals surface area contributed by atoms with Crippen LogP contribution in [0.1, 0.15) is 23.2 Å². The topological polar surface area (TPSA) is 64.6 Å². The van der Waals surface area contributed by atoms with E-state index in [9.17, 15) is 9.59 Å². The Morgan fingerprint density at radius 1 is 1.00 bits per heavy atom. The predicted octanol–water partition coefficient (Wildman–Crippen LogP) is 3.16. The third kappa shape index (κ3) is 4.59. The first kappa shape index (κ1) is 16.1. The molecule has 1 aliphatic rings. The Balaban J connectivity index is 1.58. The van der Waals surface area contributed by atoms with Crippen LogP contribution in [0.25, 0.3) is 0 Å². The Morgan fingerprint density at radius 3 is 2.46 bits per heavy atom. The minimum atomic E-state index is -0.420. The highest BCUT2D eigenvalue weighted by molar-refractivity contribution is 5.98. The maximum Gasteiger partial charge on any atom is 0.325 e. The average molecular weight is 325 g/mol. The first-order valence-corrected chi connectivity index (χ1v) is 7.98. The normalized spacial score (nSPS) is 13.2. The Labute approximate surface area is 140 Å². The molecule has 5 heteroatoms. The smallest absolute Gasteiger partial charge is 0.325 e. The molecule has 2 aromatic carbocycles. The number of ether oxygens (including phenoxy) is 2. The van der Waals surface area contributed by atoms with Crippen molar-refractivity contribution in [1.82, 2.24) is 5.32 Å². The molecule has 0 bridgehead atoms. The van der Waals surface area contributed by atoms with E-state index in [-0.39, 0.29) is 12.5 Å². The van der Waals surface area contributed by atoms with E-state index in [1.165, 1.54) is 0 Å². The molecule has 0 heterocycles. The van der Waals surface area contributed by atoms with E-state index >= 15 is 0 Å². The van der Waals surface area contributed by atoms with Crippen LogP contribution in [-0.4, -0.2) is 25.0 Å². The Hall–Kier alpha value is -2.82. The van der Waals surface area contributed by atoms with Crippen LogP contribution in [0.3, 0.4) is 0 Å². The molecule has 0 unspecified atom stereocenters. The highest BCUT2D eigenvalue weighted by Gasteiger charge is 2.23. The van der Waals surface area contributed by atoms with Crippen LogP contribution in [0.5, 0.6) is 11.5 Å². The van der Waals surface area contributed by atoms with Gasteiger partial charge in [-0.1, -0.05) is 30.3 Å². The van der Waals surface area contributed by atoms with Gasteiger partial charge in [-0.05, 0) is 43.0 Å². The van der Waals surface area contributed by atoms with E-state index in [4.69, 9.17) is 9.47 Å². The molecule has 1 amide bonds. The van der Waals surface area contributed by atoms with Gasteiger partial charge in [-0.3, -0.25) is 9.59 Å². The second-order valence-corrected chi connectivity index (χ2v) is 5.72. The molecule has 1 saturated carbocycles. The molecule has 1 fully saturated rings. The second-order valence-electron chi connectivity index (χ2n) is 5.72. The molecule has 5 nitrogen and oxygen atoms in total. The number of para-hydroxylation sites is 2. The summed E-state index contributed by atoms with van der Waals surface area (Å²) in [6.07, 6.45) is 2.23. The number of carbonyl (C=O) groups excluding carboxylic acids is 2. The molecular formula is C19H19NO4. The molecule has 0 atom stereocenters. The van der Waals surface area contributed by atoms with Crippen molar-refractivity contribution in [2.24, 2.45) is 5.92 Å². The average Bonchev–Trinajstić information content (AvgIpc) is 3.44. The number of nitrogens with one attached hydrogen (secondary N) is 1. The summed E-state index contributed by atoms with van der Waals surface area (Å²) >= 11 is 0. The van der Waals surface area contributed by atoms with Crippen molar-refractivity contribution in [2.75, 3.05) is 13.2 Å². The van der Waals surface area contributed by atoms with Crippen molar-refractivity contribution in [3.8, 4) is 11.5 Å². The second kappa shape index (κ2) is 7.64. The summed E-state index contributed by atoms with van der Waals surface area (Å²) in [5.41, 5.74) is 0.372. The van der Waals surface area contributed by atoms with Crippen LogP contribution < -0.4 is 10.1 Å². The van der Waals surface area contributed by atoms with Gasteiger partial charge >= 0.3 is 5.97 Å². The molecule has 0 radical (unpaired) electrons. The number of esters is 1. The summed E-state index contributed by atoms with van der Waals surface area (Å²) in [5.74, 6) is 0.792. The van der Waals surface area contributed by atoms with Crippen LogP contribution in [0, 0.1) is 5.92 Å². The molecule has 24 heavy (non-hydrogen) atoms. The van der Waals surface area contributed by atoms with E-state index in [1.807, 2.05) is 30.3 Å². The van der Waals surface area contributed by atoms with Gasteiger partial charge in [0.2, 0.25) is 0 Å². The molecule has 0 aromatic heterocycles. The molecule has 2 aromatic rings. The van der Waals surface area contributed by atoms with Gasteiger partial charge in [0.1, 0.15) is 18.0 Å². The molecule has 0 aliphatic heterocycles. The number of carbonyl (C=O) groups is 2. The van der Waals surface area contributed by atoms with Gasteiger partial charge in [-0.2, -0.15) is 0 Å². The van der Waals surface area contributed by atoms with Gasteiger partial charge in [0.25, 0.3) is 5.91 Å². The maximum atomic E-state index is 12.3. The number of rotatable bonds is 7. The largest absolute Gasteiger partial charge is 0.464 e. The summed E-state index contributed by atoms with van der Waals surface area (Å²) in [7, 11) is 0. The van der Waals surface area contributed by atoms with Gasteiger partial charge in [0.15, 0.2) is 0 Å². The zero-order valence-electron chi connectivity index (χ0n) is 13.2. The first-order chi connectivity index (χ1) is 11.7. The lowest BCUT2D eigenvalue weighted by atomic mass is 10.2. The third-order valence-corrected chi connectivity index (χ3v) is 3.67. The molecule has 0 saturated heterocycles. The molecule has 1 N–H and O–H groups in total. The van der Waals surface area contributed by atoms with Crippen LogP contribution in [0.15, 0.2) is 54.6 Å². The van der Waals surface area contributed by atoms with Gasteiger partial charge in [-0.15, -0.1) is 0 Å². The lowest BCUT2D eigenvalue weighted by molar-refractivity contribution is -0.142. The molecule has 3 rings (SSSR count). The number of amides is 1. The SMILES string of the molecule is O=C(CNC(=O)c1ccccc1Oc1ccccc1)OCC1CC1. The van der Waals surface area contributed by atoms with E-state index in [1.54, 1.807) is 24.3 Å². The number of hydrogen-bond acceptors (Lipinski definition) is 4. The van der Waals surface area contributed by atoms with Crippen molar-refractivity contribution in [1.29, 1.82) is 0 Å². The molecule has 124 valence electrons. The molecular weight excluding hydrogens is 306 g/mol.